The van der Waals surface area contributed by atoms with E-state index in [2.05, 4.69) is 15.3 Å². The van der Waals surface area contributed by atoms with Crippen molar-refractivity contribution < 1.29 is 0 Å². The molecule has 0 amide bonds. The molecule has 0 aliphatic carbocycles. The van der Waals surface area contributed by atoms with Gasteiger partial charge in [0.1, 0.15) is 5.52 Å². The van der Waals surface area contributed by atoms with Gasteiger partial charge in [-0.25, -0.2) is 9.97 Å². The van der Waals surface area contributed by atoms with E-state index in [9.17, 15) is 0 Å². The Balaban J connectivity index is 1.99. The normalized spacial score (nSPS) is 10.9. The first kappa shape index (κ1) is 11.9. The lowest BCUT2D eigenvalue weighted by molar-refractivity contribution is 0.706. The van der Waals surface area contributed by atoms with Crippen molar-refractivity contribution in [3.63, 3.8) is 0 Å². The van der Waals surface area contributed by atoms with Crippen LogP contribution in [-0.2, 0) is 7.05 Å². The molecule has 0 aliphatic rings. The predicted octanol–water partition coefficient (Wildman–Crippen LogP) is 1.51. The van der Waals surface area contributed by atoms with E-state index in [1.54, 1.807) is 0 Å². The summed E-state index contributed by atoms with van der Waals surface area (Å²) in [6.45, 7) is 1.69. The van der Waals surface area contributed by atoms with Crippen LogP contribution in [0.2, 0.25) is 0 Å². The average Bonchev–Trinajstić information content (AvgIpc) is 2.72. The van der Waals surface area contributed by atoms with E-state index in [0.29, 0.717) is 0 Å². The van der Waals surface area contributed by atoms with Crippen LogP contribution in [0.1, 0.15) is 19.3 Å². The van der Waals surface area contributed by atoms with Gasteiger partial charge in [0, 0.05) is 19.8 Å². The Hall–Kier alpha value is -1.62. The molecule has 2 aromatic rings. The maximum absolute atomic E-state index is 5.45. The van der Waals surface area contributed by atoms with Crippen molar-refractivity contribution in [3.8, 4) is 0 Å². The Morgan fingerprint density at radius 2 is 2.18 bits per heavy atom. The number of hydrogen-bond donors (Lipinski definition) is 2. The molecule has 0 radical (unpaired) electrons. The predicted molar refractivity (Wildman–Crippen MR) is 69.9 cm³/mol. The summed E-state index contributed by atoms with van der Waals surface area (Å²) in [6, 6.07) is 1.97. The van der Waals surface area contributed by atoms with Gasteiger partial charge in [-0.3, -0.25) is 0 Å². The third kappa shape index (κ3) is 2.74. The molecule has 0 fully saturated rings. The first-order chi connectivity index (χ1) is 8.33. The molecule has 5 heteroatoms. The molecule has 0 bridgehead atoms. The van der Waals surface area contributed by atoms with E-state index in [0.717, 1.165) is 49.2 Å². The van der Waals surface area contributed by atoms with Gasteiger partial charge in [-0.05, 0) is 25.5 Å². The number of unbranched alkanes of at least 4 members (excludes halogenated alkanes) is 2. The van der Waals surface area contributed by atoms with Gasteiger partial charge in [0.15, 0.2) is 5.82 Å². The summed E-state index contributed by atoms with van der Waals surface area (Å²) in [7, 11) is 1.99. The topological polar surface area (TPSA) is 68.8 Å². The van der Waals surface area contributed by atoms with Gasteiger partial charge in [0.25, 0.3) is 0 Å². The van der Waals surface area contributed by atoms with Crippen molar-refractivity contribution >= 4 is 16.9 Å². The Morgan fingerprint density at radius 3 is 3.00 bits per heavy atom. The zero-order valence-electron chi connectivity index (χ0n) is 10.2. The summed E-state index contributed by atoms with van der Waals surface area (Å²) in [5.41, 5.74) is 7.49. The fourth-order valence-corrected chi connectivity index (χ4v) is 1.84. The van der Waals surface area contributed by atoms with Gasteiger partial charge in [0.05, 0.1) is 11.8 Å². The second-order valence-electron chi connectivity index (χ2n) is 4.16. The van der Waals surface area contributed by atoms with Gasteiger partial charge < -0.3 is 15.6 Å². The summed E-state index contributed by atoms with van der Waals surface area (Å²) in [5.74, 6) is 0.871. The monoisotopic (exact) mass is 233 g/mol. The molecule has 0 unspecified atom stereocenters. The molecule has 0 aliphatic heterocycles. The number of pyridine rings is 1. The molecule has 3 N–H and O–H groups in total. The van der Waals surface area contributed by atoms with Crippen LogP contribution in [0.25, 0.3) is 11.0 Å². The lowest BCUT2D eigenvalue weighted by atomic mass is 10.2. The van der Waals surface area contributed by atoms with E-state index in [4.69, 9.17) is 5.73 Å². The van der Waals surface area contributed by atoms with Gasteiger partial charge >= 0.3 is 0 Å². The second kappa shape index (κ2) is 5.63. The number of imidazole rings is 1. The minimum absolute atomic E-state index is 0.772. The van der Waals surface area contributed by atoms with E-state index in [-0.39, 0.29) is 0 Å². The van der Waals surface area contributed by atoms with E-state index in [1.807, 2.05) is 30.2 Å². The van der Waals surface area contributed by atoms with E-state index < -0.39 is 0 Å². The number of hydrogen-bond acceptors (Lipinski definition) is 4. The van der Waals surface area contributed by atoms with Gasteiger partial charge in [-0.1, -0.05) is 6.42 Å². The molecule has 0 saturated carbocycles. The van der Waals surface area contributed by atoms with Crippen molar-refractivity contribution in [1.29, 1.82) is 0 Å². The summed E-state index contributed by atoms with van der Waals surface area (Å²) < 4.78 is 2.00. The summed E-state index contributed by atoms with van der Waals surface area (Å²) in [5, 5.41) is 3.33. The molecule has 2 rings (SSSR count). The number of nitrogens with zero attached hydrogens (tertiary/aromatic N) is 3. The zero-order valence-corrected chi connectivity index (χ0v) is 10.2. The SMILES string of the molecule is Cn1cnc2c(NCCCCCN)nccc21. The van der Waals surface area contributed by atoms with Gasteiger partial charge in [-0.2, -0.15) is 0 Å². The number of rotatable bonds is 6. The summed E-state index contributed by atoms with van der Waals surface area (Å²) in [4.78, 5) is 8.68. The van der Waals surface area contributed by atoms with E-state index in [1.165, 1.54) is 0 Å². The van der Waals surface area contributed by atoms with Crippen molar-refractivity contribution in [2.24, 2.45) is 12.8 Å². The first-order valence-electron chi connectivity index (χ1n) is 6.03. The maximum Gasteiger partial charge on any atom is 0.154 e. The Morgan fingerprint density at radius 1 is 1.29 bits per heavy atom. The van der Waals surface area contributed by atoms with Crippen LogP contribution in [-0.4, -0.2) is 27.6 Å². The van der Waals surface area contributed by atoms with E-state index >= 15 is 0 Å². The Bertz CT molecular complexity index is 477. The molecule has 2 heterocycles. The van der Waals surface area contributed by atoms with Crippen LogP contribution < -0.4 is 11.1 Å². The number of nitrogens with one attached hydrogen (secondary N) is 1. The number of aromatic nitrogens is 3. The fourth-order valence-electron chi connectivity index (χ4n) is 1.84. The molecular formula is C12H19N5. The third-order valence-corrected chi connectivity index (χ3v) is 2.82. The highest BCUT2D eigenvalue weighted by atomic mass is 15.1. The Kier molecular flexibility index (Phi) is 3.93. The van der Waals surface area contributed by atoms with Gasteiger partial charge in [0.2, 0.25) is 0 Å². The molecule has 92 valence electrons. The van der Waals surface area contributed by atoms with Crippen LogP contribution in [0.3, 0.4) is 0 Å². The molecule has 0 spiro atoms. The standard InChI is InChI=1S/C12H19N5/c1-17-9-16-11-10(17)5-8-15-12(11)14-7-4-2-3-6-13/h5,8-9H,2-4,6-7,13H2,1H3,(H,14,15). The van der Waals surface area contributed by atoms with Crippen LogP contribution in [0, 0.1) is 0 Å². The minimum atomic E-state index is 0.772. The molecule has 0 atom stereocenters. The van der Waals surface area contributed by atoms with Crippen LogP contribution in [0.5, 0.6) is 0 Å². The molecule has 2 aromatic heterocycles. The van der Waals surface area contributed by atoms with Crippen molar-refractivity contribution in [3.05, 3.63) is 18.6 Å². The second-order valence-corrected chi connectivity index (χ2v) is 4.16. The molecular weight excluding hydrogens is 214 g/mol. The highest BCUT2D eigenvalue weighted by molar-refractivity contribution is 5.85. The molecule has 0 aromatic carbocycles. The van der Waals surface area contributed by atoms with Crippen molar-refractivity contribution in [2.45, 2.75) is 19.3 Å². The number of aryl methyl sites for hydroxylation is 1. The maximum atomic E-state index is 5.45. The van der Waals surface area contributed by atoms with Gasteiger partial charge in [-0.15, -0.1) is 0 Å². The molecule has 5 nitrogen and oxygen atoms in total. The van der Waals surface area contributed by atoms with Crippen LogP contribution in [0.15, 0.2) is 18.6 Å². The summed E-state index contributed by atoms with van der Waals surface area (Å²) >= 11 is 0. The number of fused-ring (bicyclic) bond motifs is 1. The van der Waals surface area contributed by atoms with Crippen LogP contribution >= 0.6 is 0 Å². The minimum Gasteiger partial charge on any atom is -0.368 e. The zero-order chi connectivity index (χ0) is 12.1. The lowest BCUT2D eigenvalue weighted by Crippen LogP contribution is -2.05. The Labute approximate surface area is 101 Å². The largest absolute Gasteiger partial charge is 0.368 e. The fraction of sp³-hybridized carbons (Fsp3) is 0.500. The lowest BCUT2D eigenvalue weighted by Gasteiger charge is -2.05. The highest BCUT2D eigenvalue weighted by Gasteiger charge is 2.05. The van der Waals surface area contributed by atoms with Crippen molar-refractivity contribution in [2.75, 3.05) is 18.4 Å². The number of anilines is 1. The smallest absolute Gasteiger partial charge is 0.154 e. The highest BCUT2D eigenvalue weighted by Crippen LogP contribution is 2.18. The quantitative estimate of drug-likeness (QED) is 0.742. The molecule has 17 heavy (non-hydrogen) atoms. The number of nitrogens with two attached hydrogens (primary N) is 1. The third-order valence-electron chi connectivity index (χ3n) is 2.82. The summed E-state index contributed by atoms with van der Waals surface area (Å²) in [6.07, 6.45) is 6.98. The first-order valence-corrected chi connectivity index (χ1v) is 6.03. The van der Waals surface area contributed by atoms with Crippen LogP contribution in [0.4, 0.5) is 5.82 Å². The molecule has 0 saturated heterocycles. The van der Waals surface area contributed by atoms with Crippen molar-refractivity contribution in [1.82, 2.24) is 14.5 Å². The average molecular weight is 233 g/mol.